The van der Waals surface area contributed by atoms with E-state index in [1.54, 1.807) is 17.0 Å². The van der Waals surface area contributed by atoms with E-state index < -0.39 is 6.10 Å². The van der Waals surface area contributed by atoms with Gasteiger partial charge in [-0.2, -0.15) is 0 Å². The summed E-state index contributed by atoms with van der Waals surface area (Å²) in [5, 5.41) is 33.0. The van der Waals surface area contributed by atoms with Gasteiger partial charge < -0.3 is 35.0 Å². The molecule has 0 spiro atoms. The second-order valence-electron chi connectivity index (χ2n) is 8.62. The molecule has 1 aliphatic carbocycles. The molecule has 1 aliphatic heterocycles. The van der Waals surface area contributed by atoms with Gasteiger partial charge in [-0.15, -0.1) is 0 Å². The Morgan fingerprint density at radius 3 is 2.79 bits per heavy atom. The van der Waals surface area contributed by atoms with E-state index in [1.165, 1.54) is 17.2 Å². The van der Waals surface area contributed by atoms with Crippen LogP contribution in [0.5, 0.6) is 11.5 Å². The number of nitrogens with one attached hydrogen (secondary N) is 1. The van der Waals surface area contributed by atoms with Gasteiger partial charge in [-0.25, -0.2) is 0 Å². The van der Waals surface area contributed by atoms with Gasteiger partial charge in [0.25, 0.3) is 5.91 Å². The van der Waals surface area contributed by atoms with Gasteiger partial charge in [0.1, 0.15) is 11.5 Å². The van der Waals surface area contributed by atoms with Crippen molar-refractivity contribution in [1.82, 2.24) is 10.2 Å². The standard InChI is InChI=1S/C25H32N2O6/c28-15-20-11-18(3-6-23(20)29)24(30)14-26-21-4-1-17-2-5-22(13-19(17)12-21)33-16-25(31)27-7-9-32-10-8-27/h2-3,5-6,11,13,21,24,26,28-30H,1,4,7-10,12,14-16H2/t21-,24+/m1/s1. The summed E-state index contributed by atoms with van der Waals surface area (Å²) < 4.78 is 11.1. The molecule has 0 unspecified atom stereocenters. The minimum Gasteiger partial charge on any atom is -0.508 e. The largest absolute Gasteiger partial charge is 0.508 e. The van der Waals surface area contributed by atoms with Crippen LogP contribution in [0.4, 0.5) is 0 Å². The Kier molecular flexibility index (Phi) is 7.82. The molecule has 178 valence electrons. The van der Waals surface area contributed by atoms with Crippen LogP contribution >= 0.6 is 0 Å². The Bertz CT molecular complexity index is 960. The van der Waals surface area contributed by atoms with Crippen molar-refractivity contribution in [2.75, 3.05) is 39.5 Å². The third-order valence-corrected chi connectivity index (χ3v) is 6.39. The highest BCUT2D eigenvalue weighted by molar-refractivity contribution is 5.77. The Morgan fingerprint density at radius 2 is 2.00 bits per heavy atom. The maximum absolute atomic E-state index is 12.3. The molecule has 0 aromatic heterocycles. The highest BCUT2D eigenvalue weighted by atomic mass is 16.5. The van der Waals surface area contributed by atoms with Crippen LogP contribution in [0.2, 0.25) is 0 Å². The molecule has 1 fully saturated rings. The van der Waals surface area contributed by atoms with Crippen molar-refractivity contribution < 1.29 is 29.6 Å². The topological polar surface area (TPSA) is 111 Å². The van der Waals surface area contributed by atoms with Crippen LogP contribution < -0.4 is 10.1 Å². The molecule has 4 rings (SSSR count). The molecule has 1 saturated heterocycles. The highest BCUT2D eigenvalue weighted by Gasteiger charge is 2.21. The number of morpholine rings is 1. The Hall–Kier alpha value is -2.65. The Balaban J connectivity index is 1.29. The van der Waals surface area contributed by atoms with E-state index >= 15 is 0 Å². The number of aryl methyl sites for hydroxylation is 1. The molecule has 0 radical (unpaired) electrons. The zero-order chi connectivity index (χ0) is 23.2. The van der Waals surface area contributed by atoms with Crippen molar-refractivity contribution in [3.8, 4) is 11.5 Å². The van der Waals surface area contributed by atoms with Crippen molar-refractivity contribution >= 4 is 5.91 Å². The molecule has 2 aliphatic rings. The summed E-state index contributed by atoms with van der Waals surface area (Å²) in [7, 11) is 0. The van der Waals surface area contributed by atoms with Crippen molar-refractivity contribution in [2.24, 2.45) is 0 Å². The number of hydrogen-bond acceptors (Lipinski definition) is 7. The zero-order valence-corrected chi connectivity index (χ0v) is 18.7. The molecule has 1 heterocycles. The second-order valence-corrected chi connectivity index (χ2v) is 8.62. The lowest BCUT2D eigenvalue weighted by atomic mass is 9.88. The van der Waals surface area contributed by atoms with Gasteiger partial charge in [0.15, 0.2) is 6.61 Å². The van der Waals surface area contributed by atoms with Crippen LogP contribution in [0.3, 0.4) is 0 Å². The summed E-state index contributed by atoms with van der Waals surface area (Å²) in [6.45, 7) is 2.48. The van der Waals surface area contributed by atoms with E-state index in [1.807, 2.05) is 12.1 Å². The van der Waals surface area contributed by atoms with E-state index in [4.69, 9.17) is 9.47 Å². The molecular weight excluding hydrogens is 424 g/mol. The first kappa shape index (κ1) is 23.5. The normalized spacial score (nSPS) is 19.1. The SMILES string of the molecule is O=C(COc1ccc2c(c1)C[C@H](NC[C@H](O)c1ccc(O)c(CO)c1)CC2)N1CCOCC1. The maximum Gasteiger partial charge on any atom is 0.260 e. The molecule has 8 heteroatoms. The summed E-state index contributed by atoms with van der Waals surface area (Å²) in [6.07, 6.45) is 1.98. The van der Waals surface area contributed by atoms with Crippen LogP contribution in [0.25, 0.3) is 0 Å². The fraction of sp³-hybridized carbons (Fsp3) is 0.480. The van der Waals surface area contributed by atoms with Crippen LogP contribution in [0, 0.1) is 0 Å². The molecular formula is C25H32N2O6. The van der Waals surface area contributed by atoms with Crippen molar-refractivity contribution in [2.45, 2.75) is 38.0 Å². The number of rotatable bonds is 8. The monoisotopic (exact) mass is 456 g/mol. The first-order valence-electron chi connectivity index (χ1n) is 11.5. The van der Waals surface area contributed by atoms with Crippen LogP contribution in [-0.2, 0) is 29.0 Å². The molecule has 0 bridgehead atoms. The van der Waals surface area contributed by atoms with E-state index in [0.717, 1.165) is 19.3 Å². The molecule has 2 aromatic carbocycles. The smallest absolute Gasteiger partial charge is 0.260 e. The van der Waals surface area contributed by atoms with Gasteiger partial charge in [0.2, 0.25) is 0 Å². The lowest BCUT2D eigenvalue weighted by Crippen LogP contribution is -2.43. The van der Waals surface area contributed by atoms with E-state index in [0.29, 0.717) is 49.7 Å². The molecule has 1 amide bonds. The number of amides is 1. The van der Waals surface area contributed by atoms with E-state index in [9.17, 15) is 20.1 Å². The van der Waals surface area contributed by atoms with Gasteiger partial charge in [-0.05, 0) is 60.2 Å². The number of nitrogens with zero attached hydrogens (tertiary/aromatic N) is 1. The number of phenols is 1. The predicted octanol–water partition coefficient (Wildman–Crippen LogP) is 1.30. The summed E-state index contributed by atoms with van der Waals surface area (Å²) in [5.41, 5.74) is 3.53. The van der Waals surface area contributed by atoms with Crippen molar-refractivity contribution in [3.05, 3.63) is 58.7 Å². The van der Waals surface area contributed by atoms with Gasteiger partial charge >= 0.3 is 0 Å². The fourth-order valence-corrected chi connectivity index (χ4v) is 4.38. The Labute approximate surface area is 193 Å². The number of ether oxygens (including phenoxy) is 2. The minimum absolute atomic E-state index is 0.0229. The first-order valence-corrected chi connectivity index (χ1v) is 11.5. The summed E-state index contributed by atoms with van der Waals surface area (Å²) in [6, 6.07) is 11.0. The second kappa shape index (κ2) is 11.0. The lowest BCUT2D eigenvalue weighted by Gasteiger charge is -2.28. The molecule has 2 aromatic rings. The molecule has 8 nitrogen and oxygen atoms in total. The number of carbonyl (C=O) groups is 1. The predicted molar refractivity (Wildman–Crippen MR) is 122 cm³/mol. The number of carbonyl (C=O) groups excluding carboxylic acids is 1. The average Bonchev–Trinajstić information content (AvgIpc) is 2.86. The number of aliphatic hydroxyl groups excluding tert-OH is 2. The van der Waals surface area contributed by atoms with Crippen molar-refractivity contribution in [3.63, 3.8) is 0 Å². The number of aromatic hydroxyl groups is 1. The highest BCUT2D eigenvalue weighted by Crippen LogP contribution is 2.27. The summed E-state index contributed by atoms with van der Waals surface area (Å²) >= 11 is 0. The first-order chi connectivity index (χ1) is 16.0. The maximum atomic E-state index is 12.3. The van der Waals surface area contributed by atoms with Gasteiger partial charge in [-0.3, -0.25) is 4.79 Å². The number of fused-ring (bicyclic) bond motifs is 1. The quantitative estimate of drug-likeness (QED) is 0.474. The van der Waals surface area contributed by atoms with Crippen LogP contribution in [-0.4, -0.2) is 71.6 Å². The number of benzene rings is 2. The minimum atomic E-state index is -0.738. The van der Waals surface area contributed by atoms with Crippen LogP contribution in [0.1, 0.15) is 34.8 Å². The third kappa shape index (κ3) is 6.03. The molecule has 2 atom stereocenters. The molecule has 33 heavy (non-hydrogen) atoms. The summed E-state index contributed by atoms with van der Waals surface area (Å²) in [5.74, 6) is 0.690. The fourth-order valence-electron chi connectivity index (χ4n) is 4.38. The Morgan fingerprint density at radius 1 is 1.18 bits per heavy atom. The number of hydrogen-bond donors (Lipinski definition) is 4. The molecule has 0 saturated carbocycles. The third-order valence-electron chi connectivity index (χ3n) is 6.39. The number of aliphatic hydroxyl groups is 2. The van der Waals surface area contributed by atoms with Gasteiger partial charge in [0, 0.05) is 31.2 Å². The lowest BCUT2D eigenvalue weighted by molar-refractivity contribution is -0.137. The summed E-state index contributed by atoms with van der Waals surface area (Å²) in [4.78, 5) is 14.1. The van der Waals surface area contributed by atoms with E-state index in [2.05, 4.69) is 11.4 Å². The van der Waals surface area contributed by atoms with Crippen molar-refractivity contribution in [1.29, 1.82) is 0 Å². The van der Waals surface area contributed by atoms with Gasteiger partial charge in [-0.1, -0.05) is 12.1 Å². The van der Waals surface area contributed by atoms with Crippen LogP contribution in [0.15, 0.2) is 36.4 Å². The van der Waals surface area contributed by atoms with Gasteiger partial charge in [0.05, 0.1) is 25.9 Å². The van der Waals surface area contributed by atoms with E-state index in [-0.39, 0.29) is 30.9 Å². The zero-order valence-electron chi connectivity index (χ0n) is 18.7. The molecule has 4 N–H and O–H groups in total. The average molecular weight is 457 g/mol.